The molecule has 0 bridgehead atoms. The third kappa shape index (κ3) is 4.91. The van der Waals surface area contributed by atoms with Crippen LogP contribution in [0.4, 0.5) is 0 Å². The summed E-state index contributed by atoms with van der Waals surface area (Å²) in [6.07, 6.45) is 1.57. The van der Waals surface area contributed by atoms with Gasteiger partial charge in [0.25, 0.3) is 5.91 Å². The maximum atomic E-state index is 12.6. The quantitative estimate of drug-likeness (QED) is 0.549. The molecule has 0 unspecified atom stereocenters. The Labute approximate surface area is 161 Å². The third-order valence-corrected chi connectivity index (χ3v) is 4.90. The summed E-state index contributed by atoms with van der Waals surface area (Å²) in [6.45, 7) is 0.293. The predicted octanol–water partition coefficient (Wildman–Crippen LogP) is 2.25. The summed E-state index contributed by atoms with van der Waals surface area (Å²) in [4.78, 5) is 15.5. The minimum absolute atomic E-state index is 0.221. The number of hydrogen-bond acceptors (Lipinski definition) is 4. The van der Waals surface area contributed by atoms with E-state index in [2.05, 4.69) is 10.3 Å². The number of para-hydroxylation sites is 1. The Bertz CT molecular complexity index is 1100. The second-order valence-electron chi connectivity index (χ2n) is 5.96. The molecule has 0 aliphatic carbocycles. The van der Waals surface area contributed by atoms with Gasteiger partial charge in [0.05, 0.1) is 5.75 Å². The molecule has 0 spiro atoms. The summed E-state index contributed by atoms with van der Waals surface area (Å²) < 4.78 is 24.3. The highest BCUT2D eigenvalue weighted by Crippen LogP contribution is 2.13. The number of primary sulfonamides is 1. The van der Waals surface area contributed by atoms with Crippen LogP contribution in [0, 0.1) is 4.77 Å². The van der Waals surface area contributed by atoms with Gasteiger partial charge in [0, 0.05) is 18.4 Å². The van der Waals surface area contributed by atoms with Crippen molar-refractivity contribution in [3.63, 3.8) is 0 Å². The molecule has 7 nitrogen and oxygen atoms in total. The molecule has 0 fully saturated rings. The van der Waals surface area contributed by atoms with Gasteiger partial charge < -0.3 is 10.3 Å². The molecule has 9 heteroatoms. The molecule has 0 saturated carbocycles. The Morgan fingerprint density at radius 1 is 1.07 bits per heavy atom. The van der Waals surface area contributed by atoms with Crippen molar-refractivity contribution in [2.45, 2.75) is 12.3 Å². The van der Waals surface area contributed by atoms with Gasteiger partial charge in [-0.15, -0.1) is 0 Å². The zero-order valence-corrected chi connectivity index (χ0v) is 15.9. The van der Waals surface area contributed by atoms with Gasteiger partial charge in [0.15, 0.2) is 4.77 Å². The van der Waals surface area contributed by atoms with Crippen LogP contribution in [0.25, 0.3) is 5.69 Å². The van der Waals surface area contributed by atoms with E-state index in [1.807, 2.05) is 30.3 Å². The fourth-order valence-corrected chi connectivity index (χ4v) is 3.55. The number of hydrogen-bond donors (Lipinski definition) is 3. The molecule has 0 atom stereocenters. The number of nitrogens with two attached hydrogens (primary N) is 1. The average molecular weight is 403 g/mol. The van der Waals surface area contributed by atoms with E-state index in [1.165, 1.54) is 0 Å². The Hall–Kier alpha value is -2.75. The van der Waals surface area contributed by atoms with Gasteiger partial charge in [-0.3, -0.25) is 9.36 Å². The molecule has 0 aliphatic heterocycles. The van der Waals surface area contributed by atoms with E-state index in [-0.39, 0.29) is 11.7 Å². The molecule has 140 valence electrons. The molecule has 3 aromatic rings. The van der Waals surface area contributed by atoms with Crippen molar-refractivity contribution in [2.75, 3.05) is 0 Å². The lowest BCUT2D eigenvalue weighted by atomic mass is 10.1. The molecular weight excluding hydrogens is 384 g/mol. The second-order valence-corrected chi connectivity index (χ2v) is 7.96. The smallest absolute Gasteiger partial charge is 0.270 e. The average Bonchev–Trinajstić information content (AvgIpc) is 3.02. The summed E-state index contributed by atoms with van der Waals surface area (Å²) in [5.74, 6) is -0.499. The molecule has 1 aromatic heterocycles. The lowest BCUT2D eigenvalue weighted by Gasteiger charge is -2.09. The monoisotopic (exact) mass is 402 g/mol. The first-order chi connectivity index (χ1) is 12.8. The summed E-state index contributed by atoms with van der Waals surface area (Å²) >= 11 is 5.28. The first-order valence-corrected chi connectivity index (χ1v) is 10.2. The van der Waals surface area contributed by atoms with Crippen molar-refractivity contribution in [1.29, 1.82) is 0 Å². The lowest BCUT2D eigenvalue weighted by molar-refractivity contribution is 0.0944. The number of sulfonamides is 1. The molecule has 3 rings (SSSR count). The highest BCUT2D eigenvalue weighted by Gasteiger charge is 2.14. The predicted molar refractivity (Wildman–Crippen MR) is 105 cm³/mol. The molecule has 0 radical (unpaired) electrons. The largest absolute Gasteiger partial charge is 0.347 e. The minimum atomic E-state index is -3.57. The number of benzene rings is 2. The fourth-order valence-electron chi connectivity index (χ4n) is 2.63. The molecule has 1 heterocycles. The van der Waals surface area contributed by atoms with Crippen molar-refractivity contribution in [3.05, 3.63) is 82.4 Å². The van der Waals surface area contributed by atoms with E-state index in [4.69, 9.17) is 17.4 Å². The van der Waals surface area contributed by atoms with Crippen LogP contribution in [0.1, 0.15) is 21.6 Å². The van der Waals surface area contributed by atoms with Crippen molar-refractivity contribution in [1.82, 2.24) is 14.9 Å². The van der Waals surface area contributed by atoms with Gasteiger partial charge in [-0.05, 0) is 35.5 Å². The highest BCUT2D eigenvalue weighted by molar-refractivity contribution is 7.88. The maximum Gasteiger partial charge on any atom is 0.270 e. The number of imidazole rings is 1. The highest BCUT2D eigenvalue weighted by atomic mass is 32.2. The number of aromatic amines is 1. The SMILES string of the molecule is NS(=O)(=O)Cc1ccc(CNC(=O)c2c[nH]c(=S)n2-c2ccccc2)cc1. The Kier molecular flexibility index (Phi) is 5.54. The van der Waals surface area contributed by atoms with Crippen LogP contribution >= 0.6 is 12.2 Å². The van der Waals surface area contributed by atoms with E-state index in [0.29, 0.717) is 22.6 Å². The zero-order chi connectivity index (χ0) is 19.4. The first kappa shape index (κ1) is 19.0. The normalized spacial score (nSPS) is 11.3. The standard InChI is InChI=1S/C18H18N4O3S2/c19-27(24,25)12-14-8-6-13(7-9-14)10-20-17(23)16-11-21-18(26)22(16)15-4-2-1-3-5-15/h1-9,11H,10,12H2,(H,20,23)(H,21,26)(H2,19,24,25). The Morgan fingerprint density at radius 2 is 1.70 bits per heavy atom. The van der Waals surface area contributed by atoms with Crippen LogP contribution in [0.15, 0.2) is 60.8 Å². The summed E-state index contributed by atoms with van der Waals surface area (Å²) in [6, 6.07) is 16.2. The third-order valence-electron chi connectivity index (χ3n) is 3.87. The van der Waals surface area contributed by atoms with Crippen molar-refractivity contribution < 1.29 is 13.2 Å². The summed E-state index contributed by atoms with van der Waals surface area (Å²) in [7, 11) is -3.57. The van der Waals surface area contributed by atoms with Crippen molar-refractivity contribution in [2.24, 2.45) is 5.14 Å². The summed E-state index contributed by atoms with van der Waals surface area (Å²) in [5.41, 5.74) is 2.62. The number of carbonyl (C=O) groups is 1. The molecule has 0 aliphatic rings. The van der Waals surface area contributed by atoms with Crippen LogP contribution in [0.2, 0.25) is 0 Å². The van der Waals surface area contributed by atoms with E-state index in [1.54, 1.807) is 35.0 Å². The number of nitrogens with zero attached hydrogens (tertiary/aromatic N) is 1. The second kappa shape index (κ2) is 7.87. The number of rotatable bonds is 6. The number of carbonyl (C=O) groups excluding carboxylic acids is 1. The van der Waals surface area contributed by atoms with E-state index in [0.717, 1.165) is 11.3 Å². The molecule has 1 amide bonds. The van der Waals surface area contributed by atoms with Gasteiger partial charge in [0.1, 0.15) is 5.69 Å². The van der Waals surface area contributed by atoms with Crippen LogP contribution in [0.5, 0.6) is 0 Å². The molecular formula is C18H18N4O3S2. The van der Waals surface area contributed by atoms with Gasteiger partial charge >= 0.3 is 0 Å². The van der Waals surface area contributed by atoms with Gasteiger partial charge in [-0.1, -0.05) is 42.5 Å². The minimum Gasteiger partial charge on any atom is -0.347 e. The molecule has 2 aromatic carbocycles. The topological polar surface area (TPSA) is 110 Å². The van der Waals surface area contributed by atoms with Crippen molar-refractivity contribution >= 4 is 28.1 Å². The van der Waals surface area contributed by atoms with Gasteiger partial charge in [0.2, 0.25) is 10.0 Å². The Morgan fingerprint density at radius 3 is 2.33 bits per heavy atom. The zero-order valence-electron chi connectivity index (χ0n) is 14.3. The number of nitrogens with one attached hydrogen (secondary N) is 2. The Balaban J connectivity index is 1.71. The van der Waals surface area contributed by atoms with Crippen LogP contribution in [-0.2, 0) is 22.3 Å². The van der Waals surface area contributed by atoms with Crippen LogP contribution in [-0.4, -0.2) is 23.9 Å². The molecule has 4 N–H and O–H groups in total. The van der Waals surface area contributed by atoms with Gasteiger partial charge in [-0.25, -0.2) is 13.6 Å². The van der Waals surface area contributed by atoms with Crippen LogP contribution < -0.4 is 10.5 Å². The first-order valence-electron chi connectivity index (χ1n) is 8.06. The number of amides is 1. The number of H-pyrrole nitrogens is 1. The lowest BCUT2D eigenvalue weighted by Crippen LogP contribution is -2.25. The van der Waals surface area contributed by atoms with Crippen molar-refractivity contribution in [3.8, 4) is 5.69 Å². The van der Waals surface area contributed by atoms with E-state index >= 15 is 0 Å². The summed E-state index contributed by atoms with van der Waals surface area (Å²) in [5, 5.41) is 7.87. The van der Waals surface area contributed by atoms with Gasteiger partial charge in [-0.2, -0.15) is 0 Å². The van der Waals surface area contributed by atoms with E-state index in [9.17, 15) is 13.2 Å². The van der Waals surface area contributed by atoms with E-state index < -0.39 is 10.0 Å². The fraction of sp³-hybridized carbons (Fsp3) is 0.111. The molecule has 27 heavy (non-hydrogen) atoms. The molecule has 0 saturated heterocycles. The maximum absolute atomic E-state index is 12.6. The van der Waals surface area contributed by atoms with Crippen LogP contribution in [0.3, 0.4) is 0 Å². The number of aromatic nitrogens is 2.